The molecular formula is C24H21N5O5S3. The zero-order valence-electron chi connectivity index (χ0n) is 20.3. The molecule has 0 spiro atoms. The van der Waals surface area contributed by atoms with E-state index in [1.54, 1.807) is 39.0 Å². The van der Waals surface area contributed by atoms with Crippen LogP contribution in [0.4, 0.5) is 0 Å². The predicted molar refractivity (Wildman–Crippen MR) is 144 cm³/mol. The minimum Gasteiger partial charge on any atom is -0.497 e. The van der Waals surface area contributed by atoms with E-state index in [1.165, 1.54) is 27.7 Å². The van der Waals surface area contributed by atoms with E-state index >= 15 is 0 Å². The van der Waals surface area contributed by atoms with Gasteiger partial charge >= 0.3 is 0 Å². The van der Waals surface area contributed by atoms with Crippen LogP contribution in [-0.4, -0.2) is 45.6 Å². The van der Waals surface area contributed by atoms with Crippen LogP contribution in [0.3, 0.4) is 0 Å². The van der Waals surface area contributed by atoms with Gasteiger partial charge in [-0.2, -0.15) is 4.98 Å². The summed E-state index contributed by atoms with van der Waals surface area (Å²) in [5.41, 5.74) is 1.71. The van der Waals surface area contributed by atoms with Crippen molar-refractivity contribution in [3.05, 3.63) is 62.7 Å². The summed E-state index contributed by atoms with van der Waals surface area (Å²) in [7, 11) is 6.39. The Balaban J connectivity index is 1.48. The maximum Gasteiger partial charge on any atom is 0.273 e. The van der Waals surface area contributed by atoms with Crippen LogP contribution in [0.2, 0.25) is 0 Å². The average Bonchev–Trinajstić information content (AvgIpc) is 3.53. The number of ether oxygens (including phenoxy) is 3. The highest BCUT2D eigenvalue weighted by Gasteiger charge is 2.19. The lowest BCUT2D eigenvalue weighted by molar-refractivity contribution is 0.355. The van der Waals surface area contributed by atoms with Gasteiger partial charge in [-0.25, -0.2) is 4.98 Å². The second-order valence-electron chi connectivity index (χ2n) is 7.66. The molecule has 3 heterocycles. The number of rotatable bonds is 8. The van der Waals surface area contributed by atoms with Crippen molar-refractivity contribution in [1.82, 2.24) is 24.3 Å². The number of para-hydroxylation sites is 1. The fourth-order valence-corrected chi connectivity index (χ4v) is 5.88. The van der Waals surface area contributed by atoms with Crippen LogP contribution in [0.25, 0.3) is 27.4 Å². The highest BCUT2D eigenvalue weighted by Crippen LogP contribution is 2.36. The van der Waals surface area contributed by atoms with E-state index in [1.807, 2.05) is 36.4 Å². The van der Waals surface area contributed by atoms with Crippen molar-refractivity contribution in [3.63, 3.8) is 0 Å². The summed E-state index contributed by atoms with van der Waals surface area (Å²) >= 11 is 8.12. The van der Waals surface area contributed by atoms with Crippen molar-refractivity contribution in [2.45, 2.75) is 10.9 Å². The van der Waals surface area contributed by atoms with E-state index in [9.17, 15) is 4.79 Å². The van der Waals surface area contributed by atoms with Gasteiger partial charge in [-0.15, -0.1) is 0 Å². The SMILES string of the molecule is COc1cccc(-n2c(=S)sc3c(=O)n(C)c(SCc4nc(-c5cccc(OC)c5OC)no4)nc32)c1. The molecule has 0 fully saturated rings. The van der Waals surface area contributed by atoms with Gasteiger partial charge in [0.2, 0.25) is 11.7 Å². The van der Waals surface area contributed by atoms with E-state index < -0.39 is 0 Å². The van der Waals surface area contributed by atoms with Gasteiger partial charge in [0, 0.05) is 13.1 Å². The van der Waals surface area contributed by atoms with Crippen molar-refractivity contribution in [1.29, 1.82) is 0 Å². The molecule has 0 bridgehead atoms. The first kappa shape index (κ1) is 25.0. The lowest BCUT2D eigenvalue weighted by Gasteiger charge is -2.09. The Labute approximate surface area is 224 Å². The van der Waals surface area contributed by atoms with Crippen LogP contribution in [0.1, 0.15) is 5.89 Å². The molecule has 0 saturated carbocycles. The maximum atomic E-state index is 13.2. The number of hydrogen-bond acceptors (Lipinski definition) is 11. The molecule has 0 saturated heterocycles. The molecule has 2 aromatic carbocycles. The molecule has 37 heavy (non-hydrogen) atoms. The van der Waals surface area contributed by atoms with Gasteiger partial charge in [-0.1, -0.05) is 40.4 Å². The summed E-state index contributed by atoms with van der Waals surface area (Å²) in [6.45, 7) is 0. The van der Waals surface area contributed by atoms with Gasteiger partial charge in [-0.3, -0.25) is 13.9 Å². The minimum absolute atomic E-state index is 0.183. The number of thioether (sulfide) groups is 1. The molecule has 0 N–H and O–H groups in total. The Bertz CT molecular complexity index is 1720. The Kier molecular flexibility index (Phi) is 7.00. The third kappa shape index (κ3) is 4.61. The molecule has 3 aromatic heterocycles. The van der Waals surface area contributed by atoms with Gasteiger partial charge in [-0.05, 0) is 36.5 Å². The van der Waals surface area contributed by atoms with Gasteiger partial charge < -0.3 is 18.7 Å². The third-order valence-corrected chi connectivity index (χ3v) is 7.89. The van der Waals surface area contributed by atoms with Crippen LogP contribution in [0.5, 0.6) is 17.2 Å². The summed E-state index contributed by atoms with van der Waals surface area (Å²) in [6.07, 6.45) is 0. The first-order valence-corrected chi connectivity index (χ1v) is 13.1. The quantitative estimate of drug-likeness (QED) is 0.149. The van der Waals surface area contributed by atoms with Crippen molar-refractivity contribution < 1.29 is 18.7 Å². The Hall–Kier alpha value is -3.68. The molecule has 5 rings (SSSR count). The molecule has 0 aliphatic carbocycles. The van der Waals surface area contributed by atoms with E-state index in [4.69, 9.17) is 35.9 Å². The largest absolute Gasteiger partial charge is 0.497 e. The van der Waals surface area contributed by atoms with E-state index in [0.29, 0.717) is 59.7 Å². The standard InChI is InChI=1S/C24H21N5O5S3/c1-28-22(30)19-21(29(24(35)37-19)13-7-5-8-14(11-13)31-2)26-23(28)36-12-17-25-20(27-34-17)15-9-6-10-16(32-3)18(15)33-4/h5-11H,12H2,1-4H3. The minimum atomic E-state index is -0.183. The molecule has 0 aliphatic heterocycles. The average molecular weight is 556 g/mol. The zero-order chi connectivity index (χ0) is 26.1. The lowest BCUT2D eigenvalue weighted by Crippen LogP contribution is -2.19. The normalized spacial score (nSPS) is 11.1. The lowest BCUT2D eigenvalue weighted by atomic mass is 10.2. The first-order valence-electron chi connectivity index (χ1n) is 10.9. The molecule has 13 heteroatoms. The van der Waals surface area contributed by atoms with Crippen LogP contribution in [-0.2, 0) is 12.8 Å². The van der Waals surface area contributed by atoms with Crippen LogP contribution < -0.4 is 19.8 Å². The van der Waals surface area contributed by atoms with Crippen molar-refractivity contribution in [2.75, 3.05) is 21.3 Å². The Morgan fingerprint density at radius 1 is 1.08 bits per heavy atom. The molecule has 0 aliphatic rings. The highest BCUT2D eigenvalue weighted by atomic mass is 32.2. The molecule has 0 unspecified atom stereocenters. The monoisotopic (exact) mass is 555 g/mol. The predicted octanol–water partition coefficient (Wildman–Crippen LogP) is 4.88. The number of aromatic nitrogens is 5. The third-order valence-electron chi connectivity index (χ3n) is 5.52. The number of hydrogen-bond donors (Lipinski definition) is 0. The van der Waals surface area contributed by atoms with E-state index in [2.05, 4.69) is 10.1 Å². The maximum absolute atomic E-state index is 13.2. The van der Waals surface area contributed by atoms with Crippen molar-refractivity contribution >= 4 is 45.7 Å². The first-order chi connectivity index (χ1) is 17.9. The zero-order valence-corrected chi connectivity index (χ0v) is 22.7. The second-order valence-corrected chi connectivity index (χ2v) is 10.2. The molecule has 5 aromatic rings. The van der Waals surface area contributed by atoms with Gasteiger partial charge in [0.1, 0.15) is 10.4 Å². The molecular weight excluding hydrogens is 534 g/mol. The fourth-order valence-electron chi connectivity index (χ4n) is 3.73. The molecule has 190 valence electrons. The van der Waals surface area contributed by atoms with Crippen molar-refractivity contribution in [2.24, 2.45) is 7.05 Å². The highest BCUT2D eigenvalue weighted by molar-refractivity contribution is 7.98. The van der Waals surface area contributed by atoms with E-state index in [-0.39, 0.29) is 5.56 Å². The topological polar surface area (TPSA) is 106 Å². The summed E-state index contributed by atoms with van der Waals surface area (Å²) in [5, 5.41) is 4.58. The smallest absolute Gasteiger partial charge is 0.273 e. The van der Waals surface area contributed by atoms with Gasteiger partial charge in [0.05, 0.1) is 38.3 Å². The number of fused-ring (bicyclic) bond motifs is 1. The Morgan fingerprint density at radius 3 is 2.65 bits per heavy atom. The number of benzene rings is 2. The number of thiazole rings is 1. The second kappa shape index (κ2) is 10.4. The summed E-state index contributed by atoms with van der Waals surface area (Å²) in [4.78, 5) is 22.4. The summed E-state index contributed by atoms with van der Waals surface area (Å²) < 4.78 is 25.9. The molecule has 0 amide bonds. The van der Waals surface area contributed by atoms with Crippen LogP contribution >= 0.6 is 35.3 Å². The Morgan fingerprint density at radius 2 is 1.89 bits per heavy atom. The van der Waals surface area contributed by atoms with Gasteiger partial charge in [0.15, 0.2) is 26.3 Å². The van der Waals surface area contributed by atoms with Gasteiger partial charge in [0.25, 0.3) is 5.56 Å². The summed E-state index contributed by atoms with van der Waals surface area (Å²) in [5.74, 6) is 2.79. The number of nitrogens with zero attached hydrogens (tertiary/aromatic N) is 5. The molecule has 0 radical (unpaired) electrons. The fraction of sp³-hybridized carbons (Fsp3) is 0.208. The van der Waals surface area contributed by atoms with E-state index in [0.717, 1.165) is 5.69 Å². The van der Waals surface area contributed by atoms with Crippen LogP contribution in [0.15, 0.2) is 56.9 Å². The molecule has 0 atom stereocenters. The van der Waals surface area contributed by atoms with Crippen molar-refractivity contribution in [3.8, 4) is 34.3 Å². The number of methoxy groups -OCH3 is 3. The summed E-state index contributed by atoms with van der Waals surface area (Å²) in [6, 6.07) is 12.9. The molecule has 10 nitrogen and oxygen atoms in total. The van der Waals surface area contributed by atoms with Crippen LogP contribution in [0, 0.1) is 3.95 Å².